The molecule has 0 amide bonds. The fraction of sp³-hybridized carbons (Fsp3) is 0.0909. The van der Waals surface area contributed by atoms with E-state index >= 15 is 0 Å². The van der Waals surface area contributed by atoms with Gasteiger partial charge in [-0.2, -0.15) is 10.5 Å². The Morgan fingerprint density at radius 3 is 2.70 bits per heavy atom. The van der Waals surface area contributed by atoms with Crippen molar-refractivity contribution in [2.24, 2.45) is 4.99 Å². The molecule has 164 valence electrons. The molecule has 0 aliphatic carbocycles. The van der Waals surface area contributed by atoms with Crippen molar-refractivity contribution in [3.05, 3.63) is 76.4 Å². The average molecular weight is 446 g/mol. The van der Waals surface area contributed by atoms with Crippen molar-refractivity contribution in [1.29, 1.82) is 10.5 Å². The molecule has 0 fully saturated rings. The van der Waals surface area contributed by atoms with Crippen LogP contribution in [0.5, 0.6) is 5.75 Å². The Morgan fingerprint density at radius 1 is 1.15 bits per heavy atom. The number of rotatable bonds is 4. The molecule has 1 aliphatic heterocycles. The van der Waals surface area contributed by atoms with Crippen molar-refractivity contribution >= 4 is 23.3 Å². The Labute approximate surface area is 186 Å². The Kier molecular flexibility index (Phi) is 5.62. The zero-order chi connectivity index (χ0) is 23.5. The number of pyridine rings is 1. The Bertz CT molecular complexity index is 1360. The van der Waals surface area contributed by atoms with Crippen molar-refractivity contribution < 1.29 is 13.5 Å². The monoisotopic (exact) mass is 446 g/mol. The Morgan fingerprint density at radius 2 is 1.97 bits per heavy atom. The number of nitrogens with zero attached hydrogens (tertiary/aromatic N) is 4. The quantitative estimate of drug-likeness (QED) is 0.352. The smallest absolute Gasteiger partial charge is 0.211 e. The highest BCUT2D eigenvalue weighted by Gasteiger charge is 2.29. The standard InChI is InChI=1S/C22H16F2N8O/c23-13-4-5-16(15(24)7-13)33-9-11-2-1-3-12(6-11)19-17-18(27)14(8-25)20(28)31-21(17)32-22(30-19)29-10-26/h1-7,19H,9H2,(H6,27,28,29,30,31,32). The predicted octanol–water partition coefficient (Wildman–Crippen LogP) is 2.92. The minimum Gasteiger partial charge on any atom is -0.486 e. The van der Waals surface area contributed by atoms with Gasteiger partial charge in [0.2, 0.25) is 5.96 Å². The second kappa shape index (κ2) is 8.69. The van der Waals surface area contributed by atoms with Crippen LogP contribution in [0.2, 0.25) is 0 Å². The van der Waals surface area contributed by atoms with E-state index in [0.717, 1.165) is 12.1 Å². The number of aliphatic imine (C=N–C) groups is 1. The van der Waals surface area contributed by atoms with Gasteiger partial charge >= 0.3 is 0 Å². The third kappa shape index (κ3) is 4.16. The van der Waals surface area contributed by atoms with Gasteiger partial charge in [-0.25, -0.2) is 18.8 Å². The molecule has 3 aromatic rings. The lowest BCUT2D eigenvalue weighted by atomic mass is 9.94. The lowest BCUT2D eigenvalue weighted by Gasteiger charge is -2.26. The van der Waals surface area contributed by atoms with Gasteiger partial charge in [0, 0.05) is 11.6 Å². The van der Waals surface area contributed by atoms with Gasteiger partial charge in [0.1, 0.15) is 41.7 Å². The van der Waals surface area contributed by atoms with Crippen molar-refractivity contribution in [3.63, 3.8) is 0 Å². The van der Waals surface area contributed by atoms with Gasteiger partial charge in [-0.15, -0.1) is 0 Å². The number of anilines is 3. The number of nitriles is 2. The van der Waals surface area contributed by atoms with Gasteiger partial charge < -0.3 is 21.5 Å². The molecule has 0 spiro atoms. The van der Waals surface area contributed by atoms with Crippen LogP contribution in [-0.2, 0) is 6.61 Å². The number of halogens is 2. The van der Waals surface area contributed by atoms with Crippen molar-refractivity contribution in [1.82, 2.24) is 10.3 Å². The van der Waals surface area contributed by atoms with Gasteiger partial charge in [-0.05, 0) is 29.3 Å². The first kappa shape index (κ1) is 21.3. The zero-order valence-electron chi connectivity index (χ0n) is 16.9. The topological polar surface area (TPSA) is 158 Å². The fourth-order valence-corrected chi connectivity index (χ4v) is 3.43. The molecule has 33 heavy (non-hydrogen) atoms. The summed E-state index contributed by atoms with van der Waals surface area (Å²) in [6.45, 7) is 0.000151. The van der Waals surface area contributed by atoms with Gasteiger partial charge in [-0.1, -0.05) is 18.2 Å². The minimum absolute atomic E-state index is 0.000151. The largest absolute Gasteiger partial charge is 0.486 e. The molecular weight excluding hydrogens is 430 g/mol. The van der Waals surface area contributed by atoms with Gasteiger partial charge in [0.05, 0.1) is 5.69 Å². The number of nitrogen functional groups attached to an aromatic ring is 2. The summed E-state index contributed by atoms with van der Waals surface area (Å²) < 4.78 is 32.5. The minimum atomic E-state index is -0.810. The molecule has 4 rings (SSSR count). The summed E-state index contributed by atoms with van der Waals surface area (Å²) in [6.07, 6.45) is 1.78. The number of guanidine groups is 1. The van der Waals surface area contributed by atoms with E-state index in [9.17, 15) is 14.0 Å². The number of hydrogen-bond donors (Lipinski definition) is 4. The van der Waals surface area contributed by atoms with Crippen LogP contribution in [0.15, 0.2) is 47.5 Å². The molecule has 6 N–H and O–H groups in total. The number of ether oxygens (including phenoxy) is 1. The van der Waals surface area contributed by atoms with Crippen LogP contribution in [0.4, 0.5) is 26.1 Å². The van der Waals surface area contributed by atoms with Crippen molar-refractivity contribution in [3.8, 4) is 18.0 Å². The SMILES string of the molecule is N#CNC1=NC(c2cccc(COc3ccc(F)cc3F)c2)c2c(nc(N)c(C#N)c2N)N1. The van der Waals surface area contributed by atoms with Crippen LogP contribution in [-0.4, -0.2) is 10.9 Å². The molecular formula is C22H16F2N8O. The molecule has 2 aromatic carbocycles. The fourth-order valence-electron chi connectivity index (χ4n) is 3.43. The van der Waals surface area contributed by atoms with Crippen LogP contribution >= 0.6 is 0 Å². The molecule has 0 bridgehead atoms. The maximum atomic E-state index is 13.9. The molecule has 0 saturated heterocycles. The first-order chi connectivity index (χ1) is 15.9. The molecule has 1 unspecified atom stereocenters. The van der Waals surface area contributed by atoms with E-state index in [1.54, 1.807) is 30.5 Å². The van der Waals surface area contributed by atoms with Gasteiger partial charge in [0.25, 0.3) is 0 Å². The van der Waals surface area contributed by atoms with E-state index in [4.69, 9.17) is 21.5 Å². The molecule has 0 radical (unpaired) electrons. The van der Waals surface area contributed by atoms with E-state index in [-0.39, 0.29) is 41.2 Å². The van der Waals surface area contributed by atoms with Crippen molar-refractivity contribution in [2.75, 3.05) is 16.8 Å². The first-order valence-corrected chi connectivity index (χ1v) is 9.56. The summed E-state index contributed by atoms with van der Waals surface area (Å²) in [5.74, 6) is -1.26. The number of nitrogens with two attached hydrogens (primary N) is 2. The van der Waals surface area contributed by atoms with Crippen LogP contribution < -0.4 is 26.8 Å². The number of aromatic nitrogens is 1. The van der Waals surface area contributed by atoms with E-state index < -0.39 is 17.7 Å². The summed E-state index contributed by atoms with van der Waals surface area (Å²) in [4.78, 5) is 8.70. The highest BCUT2D eigenvalue weighted by atomic mass is 19.1. The average Bonchev–Trinajstić information content (AvgIpc) is 2.78. The highest BCUT2D eigenvalue weighted by molar-refractivity contribution is 5.98. The second-order valence-corrected chi connectivity index (χ2v) is 7.01. The van der Waals surface area contributed by atoms with Crippen molar-refractivity contribution in [2.45, 2.75) is 12.6 Å². The summed E-state index contributed by atoms with van der Waals surface area (Å²) in [7, 11) is 0. The molecule has 1 aromatic heterocycles. The molecule has 11 heteroatoms. The summed E-state index contributed by atoms with van der Waals surface area (Å²) in [5.41, 5.74) is 14.0. The number of fused-ring (bicyclic) bond motifs is 1. The Balaban J connectivity index is 1.71. The first-order valence-electron chi connectivity index (χ1n) is 9.56. The number of benzene rings is 2. The molecule has 1 aliphatic rings. The van der Waals surface area contributed by atoms with E-state index in [2.05, 4.69) is 20.6 Å². The lowest BCUT2D eigenvalue weighted by molar-refractivity contribution is 0.289. The third-order valence-electron chi connectivity index (χ3n) is 4.91. The van der Waals surface area contributed by atoms with Crippen LogP contribution in [0, 0.1) is 34.4 Å². The maximum Gasteiger partial charge on any atom is 0.211 e. The predicted molar refractivity (Wildman–Crippen MR) is 117 cm³/mol. The Hall–Kier alpha value is -4.90. The number of nitrogens with one attached hydrogen (secondary N) is 2. The van der Waals surface area contributed by atoms with Gasteiger partial charge in [0.15, 0.2) is 17.8 Å². The maximum absolute atomic E-state index is 13.9. The molecule has 1 atom stereocenters. The van der Waals surface area contributed by atoms with Crippen LogP contribution in [0.3, 0.4) is 0 Å². The normalized spacial score (nSPS) is 14.2. The molecule has 2 heterocycles. The third-order valence-corrected chi connectivity index (χ3v) is 4.91. The van der Waals surface area contributed by atoms with Crippen LogP contribution in [0.25, 0.3) is 0 Å². The zero-order valence-corrected chi connectivity index (χ0v) is 16.9. The van der Waals surface area contributed by atoms with E-state index in [1.807, 2.05) is 6.07 Å². The summed E-state index contributed by atoms with van der Waals surface area (Å²) in [6, 6.07) is 11.3. The van der Waals surface area contributed by atoms with Crippen LogP contribution in [0.1, 0.15) is 28.3 Å². The summed E-state index contributed by atoms with van der Waals surface area (Å²) in [5, 5.41) is 23.7. The second-order valence-electron chi connectivity index (χ2n) is 7.01. The number of hydrogen-bond acceptors (Lipinski definition) is 9. The molecule has 9 nitrogen and oxygen atoms in total. The van der Waals surface area contributed by atoms with E-state index in [0.29, 0.717) is 16.7 Å². The van der Waals surface area contributed by atoms with E-state index in [1.165, 1.54) is 6.07 Å². The highest BCUT2D eigenvalue weighted by Crippen LogP contribution is 2.40. The van der Waals surface area contributed by atoms with Gasteiger partial charge in [-0.3, -0.25) is 5.32 Å². The molecule has 0 saturated carbocycles. The lowest BCUT2D eigenvalue weighted by Crippen LogP contribution is -2.32. The summed E-state index contributed by atoms with van der Waals surface area (Å²) >= 11 is 0.